The molecule has 0 heterocycles. The van der Waals surface area contributed by atoms with Crippen LogP contribution < -0.4 is 0 Å². The van der Waals surface area contributed by atoms with Crippen LogP contribution >= 0.6 is 0 Å². The molecule has 0 amide bonds. The molecule has 4 rings (SSSR count). The lowest BCUT2D eigenvalue weighted by Gasteiger charge is -2.62. The first kappa shape index (κ1) is 20.7. The summed E-state index contributed by atoms with van der Waals surface area (Å²) in [6.07, 6.45) is 9.26. The van der Waals surface area contributed by atoms with E-state index in [1.54, 1.807) is 0 Å². The van der Waals surface area contributed by atoms with Gasteiger partial charge in [-0.05, 0) is 104 Å². The first-order valence-electron chi connectivity index (χ1n) is 11.8. The molecule has 4 aliphatic rings. The molecule has 10 atom stereocenters. The van der Waals surface area contributed by atoms with Crippen LogP contribution in [0.15, 0.2) is 0 Å². The van der Waals surface area contributed by atoms with Gasteiger partial charge in [-0.25, -0.2) is 0 Å². The molecule has 0 unspecified atom stereocenters. The van der Waals surface area contributed by atoms with Gasteiger partial charge in [0.15, 0.2) is 0 Å². The lowest BCUT2D eigenvalue weighted by Crippen LogP contribution is -2.58. The number of fused-ring (bicyclic) bond motifs is 5. The standard InChI is InChI=1S/C24H40O4/c1-14(4-9-22(27)28)18-7-8-19-17-6-5-15-12-16(25)10-11-23(15,2)20(17)13-21(26)24(18,19)3/h14-21,25-26H,4-13H2,1-3H3,(H,27,28)/t14-,15-,16-,17+,18-,19+,20-,21+,23+,24-/m1/s1. The molecular weight excluding hydrogens is 352 g/mol. The first-order valence-corrected chi connectivity index (χ1v) is 11.8. The van der Waals surface area contributed by atoms with E-state index in [1.165, 1.54) is 19.3 Å². The van der Waals surface area contributed by atoms with Crippen LogP contribution in [-0.2, 0) is 4.79 Å². The summed E-state index contributed by atoms with van der Waals surface area (Å²) in [5.74, 6) is 2.55. The molecule has 160 valence electrons. The topological polar surface area (TPSA) is 77.8 Å². The molecule has 0 saturated heterocycles. The molecule has 0 bridgehead atoms. The highest BCUT2D eigenvalue weighted by Gasteiger charge is 2.63. The Morgan fingerprint density at radius 1 is 1.04 bits per heavy atom. The van der Waals surface area contributed by atoms with Crippen LogP contribution in [0.25, 0.3) is 0 Å². The molecule has 4 saturated carbocycles. The van der Waals surface area contributed by atoms with E-state index in [-0.39, 0.29) is 29.5 Å². The Morgan fingerprint density at radius 2 is 1.79 bits per heavy atom. The Hall–Kier alpha value is -0.610. The summed E-state index contributed by atoms with van der Waals surface area (Å²) in [6, 6.07) is 0. The van der Waals surface area contributed by atoms with E-state index in [9.17, 15) is 15.0 Å². The molecule has 4 fully saturated rings. The maximum absolute atomic E-state index is 11.5. The molecule has 4 aliphatic carbocycles. The van der Waals surface area contributed by atoms with Gasteiger partial charge in [0.05, 0.1) is 12.2 Å². The number of hydrogen-bond acceptors (Lipinski definition) is 3. The number of carboxylic acid groups (broad SMARTS) is 1. The Labute approximate surface area is 170 Å². The molecule has 0 spiro atoms. The third-order valence-electron chi connectivity index (χ3n) is 10.3. The van der Waals surface area contributed by atoms with Crippen molar-refractivity contribution in [2.24, 2.45) is 46.3 Å². The summed E-state index contributed by atoms with van der Waals surface area (Å²) in [7, 11) is 0. The van der Waals surface area contributed by atoms with Gasteiger partial charge in [-0.2, -0.15) is 0 Å². The monoisotopic (exact) mass is 392 g/mol. The van der Waals surface area contributed by atoms with E-state index in [0.717, 1.165) is 38.5 Å². The molecule has 0 aliphatic heterocycles. The summed E-state index contributed by atoms with van der Waals surface area (Å²) in [5, 5.41) is 30.8. The Kier molecular flexibility index (Phi) is 5.36. The van der Waals surface area contributed by atoms with Crippen molar-refractivity contribution in [3.8, 4) is 0 Å². The zero-order chi connectivity index (χ0) is 20.3. The minimum Gasteiger partial charge on any atom is -0.481 e. The molecular formula is C24H40O4. The summed E-state index contributed by atoms with van der Waals surface area (Å²) in [4.78, 5) is 11.1. The van der Waals surface area contributed by atoms with Crippen molar-refractivity contribution in [3.63, 3.8) is 0 Å². The third-order valence-corrected chi connectivity index (χ3v) is 10.3. The quantitative estimate of drug-likeness (QED) is 0.659. The fourth-order valence-corrected chi connectivity index (χ4v) is 8.71. The number of aliphatic hydroxyl groups excluding tert-OH is 2. The number of carbonyl (C=O) groups is 1. The van der Waals surface area contributed by atoms with Gasteiger partial charge in [0.2, 0.25) is 0 Å². The Balaban J connectivity index is 1.56. The van der Waals surface area contributed by atoms with Crippen LogP contribution in [0.3, 0.4) is 0 Å². The van der Waals surface area contributed by atoms with E-state index >= 15 is 0 Å². The third kappa shape index (κ3) is 3.05. The molecule has 4 heteroatoms. The summed E-state index contributed by atoms with van der Waals surface area (Å²) in [5.41, 5.74) is 0.216. The average molecular weight is 393 g/mol. The van der Waals surface area contributed by atoms with E-state index in [0.29, 0.717) is 35.5 Å². The van der Waals surface area contributed by atoms with Crippen molar-refractivity contribution < 1.29 is 20.1 Å². The van der Waals surface area contributed by atoms with Gasteiger partial charge in [0.1, 0.15) is 0 Å². The smallest absolute Gasteiger partial charge is 0.303 e. The zero-order valence-corrected chi connectivity index (χ0v) is 17.9. The van der Waals surface area contributed by atoms with Crippen LogP contribution in [-0.4, -0.2) is 33.5 Å². The molecule has 3 N–H and O–H groups in total. The number of hydrogen-bond donors (Lipinski definition) is 3. The lowest BCUT2D eigenvalue weighted by molar-refractivity contribution is -0.175. The molecule has 4 nitrogen and oxygen atoms in total. The van der Waals surface area contributed by atoms with Crippen molar-refractivity contribution in [1.29, 1.82) is 0 Å². The van der Waals surface area contributed by atoms with Crippen LogP contribution in [0.4, 0.5) is 0 Å². The average Bonchev–Trinajstić information content (AvgIpc) is 3.00. The van der Waals surface area contributed by atoms with Crippen LogP contribution in [0.5, 0.6) is 0 Å². The normalized spacial score (nSPS) is 51.7. The summed E-state index contributed by atoms with van der Waals surface area (Å²) in [6.45, 7) is 6.99. The van der Waals surface area contributed by atoms with Crippen LogP contribution in [0.1, 0.15) is 85.0 Å². The fraction of sp³-hybridized carbons (Fsp3) is 0.958. The highest BCUT2D eigenvalue weighted by Crippen LogP contribution is 2.68. The maximum Gasteiger partial charge on any atom is 0.303 e. The molecule has 0 aromatic carbocycles. The number of aliphatic hydroxyl groups is 2. The van der Waals surface area contributed by atoms with Gasteiger partial charge < -0.3 is 15.3 Å². The highest BCUT2D eigenvalue weighted by molar-refractivity contribution is 5.66. The van der Waals surface area contributed by atoms with Crippen LogP contribution in [0, 0.1) is 46.3 Å². The lowest BCUT2D eigenvalue weighted by atomic mass is 9.43. The molecule has 0 radical (unpaired) electrons. The molecule has 28 heavy (non-hydrogen) atoms. The first-order chi connectivity index (χ1) is 13.2. The number of aliphatic carboxylic acids is 1. The summed E-state index contributed by atoms with van der Waals surface area (Å²) >= 11 is 0. The largest absolute Gasteiger partial charge is 0.481 e. The predicted molar refractivity (Wildman–Crippen MR) is 109 cm³/mol. The van der Waals surface area contributed by atoms with E-state index in [2.05, 4.69) is 20.8 Å². The second-order valence-corrected chi connectivity index (χ2v) is 11.3. The van der Waals surface area contributed by atoms with E-state index in [1.807, 2.05) is 0 Å². The van der Waals surface area contributed by atoms with Crippen LogP contribution in [0.2, 0.25) is 0 Å². The van der Waals surface area contributed by atoms with Crippen molar-refractivity contribution in [1.82, 2.24) is 0 Å². The van der Waals surface area contributed by atoms with Crippen molar-refractivity contribution in [3.05, 3.63) is 0 Å². The van der Waals surface area contributed by atoms with Gasteiger partial charge in [-0.1, -0.05) is 20.8 Å². The highest BCUT2D eigenvalue weighted by atomic mass is 16.4. The maximum atomic E-state index is 11.5. The summed E-state index contributed by atoms with van der Waals surface area (Å²) < 4.78 is 0. The van der Waals surface area contributed by atoms with Gasteiger partial charge in [-0.3, -0.25) is 4.79 Å². The van der Waals surface area contributed by atoms with Gasteiger partial charge in [0, 0.05) is 6.42 Å². The van der Waals surface area contributed by atoms with Crippen molar-refractivity contribution >= 4 is 5.97 Å². The minimum atomic E-state index is -0.707. The zero-order valence-electron chi connectivity index (χ0n) is 17.9. The fourth-order valence-electron chi connectivity index (χ4n) is 8.71. The molecule has 0 aromatic rings. The Morgan fingerprint density at radius 3 is 2.50 bits per heavy atom. The number of rotatable bonds is 4. The predicted octanol–water partition coefficient (Wildman–Crippen LogP) is 4.48. The van der Waals surface area contributed by atoms with Crippen molar-refractivity contribution in [2.45, 2.75) is 97.2 Å². The second kappa shape index (κ2) is 7.27. The van der Waals surface area contributed by atoms with E-state index < -0.39 is 5.97 Å². The van der Waals surface area contributed by atoms with Gasteiger partial charge in [-0.15, -0.1) is 0 Å². The van der Waals surface area contributed by atoms with Gasteiger partial charge in [0.25, 0.3) is 0 Å². The second-order valence-electron chi connectivity index (χ2n) is 11.3. The Bertz CT molecular complexity index is 605. The number of carboxylic acids is 1. The van der Waals surface area contributed by atoms with Crippen molar-refractivity contribution in [2.75, 3.05) is 0 Å². The van der Waals surface area contributed by atoms with Gasteiger partial charge >= 0.3 is 5.97 Å². The SMILES string of the molecule is C[C@H](CCC(=O)O)[C@H]1CC[C@H]2[C@@H]3CC[C@@H]4C[C@H](O)CC[C@]4(C)[C@@H]3C[C@H](O)[C@]12C. The molecule has 0 aromatic heterocycles. The minimum absolute atomic E-state index is 0.0591. The van der Waals surface area contributed by atoms with E-state index in [4.69, 9.17) is 5.11 Å².